The van der Waals surface area contributed by atoms with Crippen molar-refractivity contribution in [3.63, 3.8) is 0 Å². The van der Waals surface area contributed by atoms with Crippen LogP contribution in [0.5, 0.6) is 0 Å². The molecule has 0 atom stereocenters. The molecule has 1 saturated heterocycles. The summed E-state index contributed by atoms with van der Waals surface area (Å²) in [6.45, 7) is 5.23. The van der Waals surface area contributed by atoms with E-state index in [1.165, 1.54) is 5.56 Å². The molecule has 1 N–H and O–H groups in total. The second kappa shape index (κ2) is 9.36. The first-order valence-electron chi connectivity index (χ1n) is 10.4. The van der Waals surface area contributed by atoms with Gasteiger partial charge in [0.1, 0.15) is 5.82 Å². The summed E-state index contributed by atoms with van der Waals surface area (Å²) < 4.78 is 4.74. The third kappa shape index (κ3) is 4.86. The average Bonchev–Trinajstić information content (AvgIpc) is 3.04. The maximum absolute atomic E-state index is 12.4. The number of nitrogens with zero attached hydrogens (tertiary/aromatic N) is 4. The lowest BCUT2D eigenvalue weighted by molar-refractivity contribution is 0.0895. The van der Waals surface area contributed by atoms with Gasteiger partial charge in [0, 0.05) is 24.7 Å². The molecule has 30 heavy (non-hydrogen) atoms. The zero-order chi connectivity index (χ0) is 20.9. The quantitative estimate of drug-likeness (QED) is 0.618. The lowest BCUT2D eigenvalue weighted by Gasteiger charge is -2.32. The van der Waals surface area contributed by atoms with Gasteiger partial charge in [0.25, 0.3) is 5.91 Å². The highest BCUT2D eigenvalue weighted by atomic mass is 32.1. The summed E-state index contributed by atoms with van der Waals surface area (Å²) >= 11 is 5.69. The van der Waals surface area contributed by atoms with E-state index in [0.29, 0.717) is 12.2 Å². The molecule has 0 spiro atoms. The Morgan fingerprint density at radius 3 is 2.37 bits per heavy atom. The van der Waals surface area contributed by atoms with Gasteiger partial charge in [-0.25, -0.2) is 4.68 Å². The molecule has 1 fully saturated rings. The van der Waals surface area contributed by atoms with Gasteiger partial charge in [-0.1, -0.05) is 48.5 Å². The zero-order valence-electron chi connectivity index (χ0n) is 17.2. The molecule has 0 aliphatic carbocycles. The Kier molecular flexibility index (Phi) is 6.40. The van der Waals surface area contributed by atoms with E-state index in [0.717, 1.165) is 43.1 Å². The van der Waals surface area contributed by atoms with Gasteiger partial charge in [0.15, 0.2) is 4.77 Å². The predicted molar refractivity (Wildman–Crippen MR) is 120 cm³/mol. The van der Waals surface area contributed by atoms with Crippen LogP contribution >= 0.6 is 12.2 Å². The number of likely N-dealkylation sites (tertiary alicyclic amines) is 1. The second-order valence-electron chi connectivity index (χ2n) is 7.77. The molecule has 156 valence electrons. The molecule has 1 aliphatic heterocycles. The Labute approximate surface area is 182 Å². The van der Waals surface area contributed by atoms with E-state index in [-0.39, 0.29) is 11.9 Å². The second-order valence-corrected chi connectivity index (χ2v) is 8.14. The van der Waals surface area contributed by atoms with Crippen molar-refractivity contribution in [2.75, 3.05) is 13.1 Å². The lowest BCUT2D eigenvalue weighted by Crippen LogP contribution is -2.45. The first kappa shape index (κ1) is 20.5. The van der Waals surface area contributed by atoms with Crippen LogP contribution < -0.4 is 5.32 Å². The number of benzene rings is 2. The number of hydrogen-bond acceptors (Lipinski definition) is 4. The van der Waals surface area contributed by atoms with Crippen molar-refractivity contribution in [2.45, 2.75) is 39.0 Å². The fraction of sp³-hybridized carbons (Fsp3) is 0.348. The predicted octanol–water partition coefficient (Wildman–Crippen LogP) is 3.62. The van der Waals surface area contributed by atoms with Crippen LogP contribution in [0.1, 0.15) is 34.6 Å². The maximum atomic E-state index is 12.4. The van der Waals surface area contributed by atoms with Gasteiger partial charge >= 0.3 is 0 Å². The SMILES string of the molecule is Cc1nn(CN2CCC(NC(=O)c3ccccc3)CC2)c(=S)n1Cc1ccccc1. The number of piperidine rings is 1. The van der Waals surface area contributed by atoms with Crippen molar-refractivity contribution in [3.05, 3.63) is 82.4 Å². The van der Waals surface area contributed by atoms with Crippen LogP contribution in [-0.2, 0) is 13.2 Å². The molecule has 1 aromatic heterocycles. The molecule has 4 rings (SSSR count). The first-order chi connectivity index (χ1) is 14.6. The van der Waals surface area contributed by atoms with Crippen LogP contribution in [0.3, 0.4) is 0 Å². The Bertz CT molecular complexity index is 1040. The fourth-order valence-corrected chi connectivity index (χ4v) is 4.15. The molecule has 0 saturated carbocycles. The summed E-state index contributed by atoms with van der Waals surface area (Å²) in [5.74, 6) is 0.931. The van der Waals surface area contributed by atoms with E-state index >= 15 is 0 Å². The highest BCUT2D eigenvalue weighted by molar-refractivity contribution is 7.71. The van der Waals surface area contributed by atoms with Gasteiger partial charge in [-0.05, 0) is 49.7 Å². The normalized spacial score (nSPS) is 15.2. The summed E-state index contributed by atoms with van der Waals surface area (Å²) in [5.41, 5.74) is 1.93. The number of carbonyl (C=O) groups excluding carboxylic acids is 1. The fourth-order valence-electron chi connectivity index (χ4n) is 3.86. The summed E-state index contributed by atoms with van der Waals surface area (Å²) in [6.07, 6.45) is 1.85. The molecule has 2 aromatic carbocycles. The van der Waals surface area contributed by atoms with E-state index in [1.807, 2.05) is 60.1 Å². The highest BCUT2D eigenvalue weighted by Gasteiger charge is 2.22. The average molecular weight is 422 g/mol. The largest absolute Gasteiger partial charge is 0.349 e. The van der Waals surface area contributed by atoms with Crippen LogP contribution in [0.4, 0.5) is 0 Å². The minimum atomic E-state index is 0.00606. The van der Waals surface area contributed by atoms with E-state index in [2.05, 4.69) is 32.0 Å². The lowest BCUT2D eigenvalue weighted by atomic mass is 10.0. The molecule has 0 radical (unpaired) electrons. The molecular weight excluding hydrogens is 394 g/mol. The highest BCUT2D eigenvalue weighted by Crippen LogP contribution is 2.14. The molecule has 0 bridgehead atoms. The molecule has 1 aliphatic rings. The van der Waals surface area contributed by atoms with Gasteiger partial charge in [0.05, 0.1) is 13.2 Å². The van der Waals surface area contributed by atoms with Gasteiger partial charge in [-0.2, -0.15) is 5.10 Å². The van der Waals surface area contributed by atoms with E-state index in [1.54, 1.807) is 0 Å². The van der Waals surface area contributed by atoms with Gasteiger partial charge < -0.3 is 5.32 Å². The molecule has 1 amide bonds. The van der Waals surface area contributed by atoms with Crippen molar-refractivity contribution >= 4 is 18.1 Å². The van der Waals surface area contributed by atoms with Crippen molar-refractivity contribution < 1.29 is 4.79 Å². The number of nitrogens with one attached hydrogen (secondary N) is 1. The molecular formula is C23H27N5OS. The topological polar surface area (TPSA) is 55.1 Å². The Hall–Kier alpha value is -2.77. The number of carbonyl (C=O) groups is 1. The molecule has 0 unspecified atom stereocenters. The number of amides is 1. The number of aromatic nitrogens is 3. The molecule has 2 heterocycles. The van der Waals surface area contributed by atoms with Crippen LogP contribution in [0, 0.1) is 11.7 Å². The summed E-state index contributed by atoms with van der Waals surface area (Å²) in [4.78, 5) is 14.7. The standard InChI is InChI=1S/C23H27N5OS/c1-18-25-28(23(30)27(18)16-19-8-4-2-5-9-19)17-26-14-12-21(13-15-26)24-22(29)20-10-6-3-7-11-20/h2-11,21H,12-17H2,1H3,(H,24,29). The third-order valence-electron chi connectivity index (χ3n) is 5.58. The Morgan fingerprint density at radius 2 is 1.70 bits per heavy atom. The maximum Gasteiger partial charge on any atom is 0.251 e. The third-order valence-corrected chi connectivity index (χ3v) is 6.02. The van der Waals surface area contributed by atoms with Crippen LogP contribution in [-0.4, -0.2) is 44.3 Å². The Balaban J connectivity index is 1.33. The summed E-state index contributed by atoms with van der Waals surface area (Å²) in [5, 5.41) is 7.83. The van der Waals surface area contributed by atoms with Crippen molar-refractivity contribution in [1.29, 1.82) is 0 Å². The zero-order valence-corrected chi connectivity index (χ0v) is 18.0. The van der Waals surface area contributed by atoms with Crippen LogP contribution in [0.15, 0.2) is 60.7 Å². The van der Waals surface area contributed by atoms with Crippen LogP contribution in [0.2, 0.25) is 0 Å². The minimum absolute atomic E-state index is 0.00606. The number of rotatable bonds is 6. The smallest absolute Gasteiger partial charge is 0.251 e. The van der Waals surface area contributed by atoms with E-state index in [9.17, 15) is 4.79 Å². The van der Waals surface area contributed by atoms with Gasteiger partial charge in [0.2, 0.25) is 0 Å². The number of aryl methyl sites for hydroxylation is 1. The van der Waals surface area contributed by atoms with Crippen molar-refractivity contribution in [2.24, 2.45) is 0 Å². The van der Waals surface area contributed by atoms with Crippen LogP contribution in [0.25, 0.3) is 0 Å². The molecule has 6 nitrogen and oxygen atoms in total. The molecule has 3 aromatic rings. The Morgan fingerprint density at radius 1 is 1.07 bits per heavy atom. The molecule has 7 heteroatoms. The van der Waals surface area contributed by atoms with Crippen molar-refractivity contribution in [1.82, 2.24) is 24.6 Å². The van der Waals surface area contributed by atoms with E-state index < -0.39 is 0 Å². The van der Waals surface area contributed by atoms with Crippen molar-refractivity contribution in [3.8, 4) is 0 Å². The summed E-state index contributed by atoms with van der Waals surface area (Å²) in [6, 6.07) is 19.9. The minimum Gasteiger partial charge on any atom is -0.349 e. The number of hydrogen-bond donors (Lipinski definition) is 1. The van der Waals surface area contributed by atoms with Gasteiger partial charge in [-0.15, -0.1) is 0 Å². The van der Waals surface area contributed by atoms with Gasteiger partial charge in [-0.3, -0.25) is 14.3 Å². The first-order valence-corrected chi connectivity index (χ1v) is 10.8. The van der Waals surface area contributed by atoms with E-state index in [4.69, 9.17) is 12.2 Å². The monoisotopic (exact) mass is 421 g/mol. The summed E-state index contributed by atoms with van der Waals surface area (Å²) in [7, 11) is 0.